The zero-order chi connectivity index (χ0) is 25.0. The number of carboxylic acid groups (broad SMARTS) is 1. The molecule has 0 fully saturated rings. The third-order valence-electron chi connectivity index (χ3n) is 4.74. The van der Waals surface area contributed by atoms with E-state index in [4.69, 9.17) is 5.11 Å². The van der Waals surface area contributed by atoms with Gasteiger partial charge in [0.1, 0.15) is 0 Å². The molecule has 3 rings (SSSR count). The summed E-state index contributed by atoms with van der Waals surface area (Å²) in [7, 11) is 0. The molecule has 8 nitrogen and oxygen atoms in total. The third kappa shape index (κ3) is 5.94. The summed E-state index contributed by atoms with van der Waals surface area (Å²) >= 11 is 0. The summed E-state index contributed by atoms with van der Waals surface area (Å²) in [6.45, 7) is 2.94. The van der Waals surface area contributed by atoms with Crippen LogP contribution in [0.5, 0.6) is 0 Å². The Morgan fingerprint density at radius 1 is 1.00 bits per heavy atom. The number of aryl methyl sites for hydroxylation is 2. The van der Waals surface area contributed by atoms with Crippen LogP contribution in [0.1, 0.15) is 33.6 Å². The molecular weight excluding hydrogens is 453 g/mol. The van der Waals surface area contributed by atoms with Gasteiger partial charge in [-0.15, -0.1) is 0 Å². The van der Waals surface area contributed by atoms with Crippen LogP contribution in [0.15, 0.2) is 48.8 Å². The Morgan fingerprint density at radius 3 is 2.35 bits per heavy atom. The van der Waals surface area contributed by atoms with E-state index in [0.29, 0.717) is 23.0 Å². The number of hydrogen-bond acceptors (Lipinski definition) is 5. The maximum atomic E-state index is 13.2. The van der Waals surface area contributed by atoms with E-state index in [2.05, 4.69) is 15.3 Å². The van der Waals surface area contributed by atoms with Crippen molar-refractivity contribution < 1.29 is 32.7 Å². The summed E-state index contributed by atoms with van der Waals surface area (Å²) in [4.78, 5) is 44.5. The summed E-state index contributed by atoms with van der Waals surface area (Å²) in [5, 5.41) is 13.1. The Morgan fingerprint density at radius 2 is 1.71 bits per heavy atom. The van der Waals surface area contributed by atoms with E-state index in [1.165, 1.54) is 19.2 Å². The van der Waals surface area contributed by atoms with Gasteiger partial charge in [-0.25, -0.2) is 9.78 Å². The standard InChI is InChI=1S/C23H19F3N4O4/c1-12-6-17(18(30-22(33)34)8-16(12)23(24,25)26)29-21(32)9-20(31)15-5-3-4-14(7-15)19-11-27-10-13(2)28-19/h3-8,10-11,30H,9H2,1-2H3,(H,29,32)(H,33,34). The molecule has 34 heavy (non-hydrogen) atoms. The molecule has 0 saturated carbocycles. The number of carbonyl (C=O) groups excluding carboxylic acids is 2. The zero-order valence-corrected chi connectivity index (χ0v) is 18.0. The average molecular weight is 472 g/mol. The molecule has 0 radical (unpaired) electrons. The van der Waals surface area contributed by atoms with Crippen molar-refractivity contribution in [1.29, 1.82) is 0 Å². The number of Topliss-reactive ketones (excluding diaryl/α,β-unsaturated/α-hetero) is 1. The van der Waals surface area contributed by atoms with Crippen molar-refractivity contribution in [1.82, 2.24) is 9.97 Å². The number of amides is 2. The lowest BCUT2D eigenvalue weighted by molar-refractivity contribution is -0.138. The highest BCUT2D eigenvalue weighted by Gasteiger charge is 2.33. The molecule has 0 bridgehead atoms. The molecule has 0 atom stereocenters. The highest BCUT2D eigenvalue weighted by atomic mass is 19.4. The predicted octanol–water partition coefficient (Wildman–Crippen LogP) is 5.08. The van der Waals surface area contributed by atoms with E-state index in [1.54, 1.807) is 31.3 Å². The fourth-order valence-corrected chi connectivity index (χ4v) is 3.23. The minimum Gasteiger partial charge on any atom is -0.465 e. The van der Waals surface area contributed by atoms with Gasteiger partial charge in [0.15, 0.2) is 5.78 Å². The van der Waals surface area contributed by atoms with Gasteiger partial charge in [0.2, 0.25) is 5.91 Å². The van der Waals surface area contributed by atoms with Gasteiger partial charge >= 0.3 is 12.3 Å². The van der Waals surface area contributed by atoms with Gasteiger partial charge < -0.3 is 10.4 Å². The second-order valence-electron chi connectivity index (χ2n) is 7.42. The first-order valence-corrected chi connectivity index (χ1v) is 9.88. The molecule has 3 aromatic rings. The van der Waals surface area contributed by atoms with E-state index < -0.39 is 41.6 Å². The number of alkyl halides is 3. The smallest absolute Gasteiger partial charge is 0.416 e. The molecule has 3 N–H and O–H groups in total. The summed E-state index contributed by atoms with van der Waals surface area (Å²) < 4.78 is 39.5. The maximum absolute atomic E-state index is 13.2. The number of benzene rings is 2. The van der Waals surface area contributed by atoms with Gasteiger partial charge in [0.05, 0.1) is 40.9 Å². The molecule has 0 aliphatic rings. The molecule has 2 amide bonds. The van der Waals surface area contributed by atoms with E-state index in [9.17, 15) is 27.6 Å². The monoisotopic (exact) mass is 472 g/mol. The van der Waals surface area contributed by atoms with Crippen LogP contribution in [0.2, 0.25) is 0 Å². The van der Waals surface area contributed by atoms with Crippen LogP contribution in [0, 0.1) is 13.8 Å². The number of hydrogen-bond donors (Lipinski definition) is 3. The first-order valence-electron chi connectivity index (χ1n) is 9.88. The largest absolute Gasteiger partial charge is 0.465 e. The van der Waals surface area contributed by atoms with Crippen molar-refractivity contribution in [2.75, 3.05) is 10.6 Å². The van der Waals surface area contributed by atoms with Gasteiger partial charge in [-0.1, -0.05) is 18.2 Å². The van der Waals surface area contributed by atoms with Crippen LogP contribution in [-0.2, 0) is 11.0 Å². The molecule has 0 spiro atoms. The lowest BCUT2D eigenvalue weighted by Gasteiger charge is -2.16. The average Bonchev–Trinajstić information content (AvgIpc) is 2.74. The third-order valence-corrected chi connectivity index (χ3v) is 4.74. The number of halogens is 3. The molecular formula is C23H19F3N4O4. The van der Waals surface area contributed by atoms with Crippen molar-refractivity contribution >= 4 is 29.2 Å². The van der Waals surface area contributed by atoms with E-state index in [0.717, 1.165) is 6.07 Å². The summed E-state index contributed by atoms with van der Waals surface area (Å²) in [6.07, 6.45) is -3.83. The fraction of sp³-hybridized carbons (Fsp3) is 0.174. The molecule has 1 aromatic heterocycles. The van der Waals surface area contributed by atoms with E-state index in [-0.39, 0.29) is 16.8 Å². The lowest BCUT2D eigenvalue weighted by Crippen LogP contribution is -2.19. The highest BCUT2D eigenvalue weighted by Crippen LogP contribution is 2.37. The van der Waals surface area contributed by atoms with Crippen LogP contribution >= 0.6 is 0 Å². The summed E-state index contributed by atoms with van der Waals surface area (Å²) in [6, 6.07) is 8.01. The predicted molar refractivity (Wildman–Crippen MR) is 118 cm³/mol. The quantitative estimate of drug-likeness (QED) is 0.340. The Bertz CT molecular complexity index is 1280. The minimum absolute atomic E-state index is 0.200. The van der Waals surface area contributed by atoms with E-state index in [1.807, 2.05) is 5.32 Å². The van der Waals surface area contributed by atoms with Crippen molar-refractivity contribution in [2.45, 2.75) is 26.4 Å². The van der Waals surface area contributed by atoms with Crippen LogP contribution in [-0.4, -0.2) is 32.9 Å². The van der Waals surface area contributed by atoms with Crippen LogP contribution in [0.25, 0.3) is 11.3 Å². The SMILES string of the molecule is Cc1cncc(-c2cccc(C(=O)CC(=O)Nc3cc(C)c(C(F)(F)F)cc3NC(=O)O)c2)n1. The van der Waals surface area contributed by atoms with Gasteiger partial charge in [-0.05, 0) is 37.6 Å². The van der Waals surface area contributed by atoms with Gasteiger partial charge in [-0.3, -0.25) is 19.9 Å². The second kappa shape index (κ2) is 9.69. The summed E-state index contributed by atoms with van der Waals surface area (Å²) in [5.74, 6) is -1.37. The van der Waals surface area contributed by atoms with Crippen LogP contribution in [0.4, 0.5) is 29.3 Å². The van der Waals surface area contributed by atoms with Crippen molar-refractivity contribution in [3.63, 3.8) is 0 Å². The number of nitrogens with zero attached hydrogens (tertiary/aromatic N) is 2. The number of nitrogens with one attached hydrogen (secondary N) is 2. The topological polar surface area (TPSA) is 121 Å². The van der Waals surface area contributed by atoms with Crippen molar-refractivity contribution in [3.05, 3.63) is 71.2 Å². The van der Waals surface area contributed by atoms with Crippen LogP contribution < -0.4 is 10.6 Å². The van der Waals surface area contributed by atoms with Crippen molar-refractivity contribution in [2.24, 2.45) is 0 Å². The van der Waals surface area contributed by atoms with Gasteiger partial charge in [0, 0.05) is 17.3 Å². The first-order chi connectivity index (χ1) is 15.9. The summed E-state index contributed by atoms with van der Waals surface area (Å²) in [5.41, 5.74) is 0.131. The Labute approximate surface area is 191 Å². The molecule has 0 aliphatic carbocycles. The zero-order valence-electron chi connectivity index (χ0n) is 18.0. The van der Waals surface area contributed by atoms with Crippen molar-refractivity contribution in [3.8, 4) is 11.3 Å². The number of carbonyl (C=O) groups is 3. The van der Waals surface area contributed by atoms with Gasteiger partial charge in [0.25, 0.3) is 0 Å². The molecule has 0 saturated heterocycles. The molecule has 176 valence electrons. The first kappa shape index (κ1) is 24.4. The van der Waals surface area contributed by atoms with Crippen LogP contribution in [0.3, 0.4) is 0 Å². The molecule has 0 aliphatic heterocycles. The Balaban J connectivity index is 1.80. The second-order valence-corrected chi connectivity index (χ2v) is 7.42. The minimum atomic E-state index is -4.72. The fourth-order valence-electron chi connectivity index (χ4n) is 3.23. The highest BCUT2D eigenvalue weighted by molar-refractivity contribution is 6.12. The molecule has 11 heteroatoms. The van der Waals surface area contributed by atoms with Gasteiger partial charge in [-0.2, -0.15) is 13.2 Å². The number of ketones is 1. The molecule has 1 heterocycles. The van der Waals surface area contributed by atoms with E-state index >= 15 is 0 Å². The molecule has 2 aromatic carbocycles. The normalized spacial score (nSPS) is 11.1. The Hall–Kier alpha value is -4.28. The number of aromatic nitrogens is 2. The lowest BCUT2D eigenvalue weighted by atomic mass is 10.0. The number of anilines is 2. The Kier molecular flexibility index (Phi) is 6.94. The maximum Gasteiger partial charge on any atom is 0.416 e. The number of rotatable bonds is 6. The molecule has 0 unspecified atom stereocenters.